The molecule has 0 aromatic carbocycles. The van der Waals surface area contributed by atoms with Gasteiger partial charge in [-0.15, -0.1) is 0 Å². The summed E-state index contributed by atoms with van der Waals surface area (Å²) < 4.78 is 0. The summed E-state index contributed by atoms with van der Waals surface area (Å²) >= 11 is 0. The Morgan fingerprint density at radius 3 is 3.19 bits per heavy atom. The highest BCUT2D eigenvalue weighted by molar-refractivity contribution is 5.11. The molecule has 16 heavy (non-hydrogen) atoms. The van der Waals surface area contributed by atoms with Gasteiger partial charge in [0, 0.05) is 36.8 Å². The standard InChI is InChI=1S/C12H22N4/c1-9(6-13)12-14-7-11(15-12)10-4-3-5-16(2)8-10/h7,9-10H,3-6,8,13H2,1-2H3,(H,14,15). The lowest BCUT2D eigenvalue weighted by Crippen LogP contribution is -2.30. The number of hydrogen-bond acceptors (Lipinski definition) is 3. The SMILES string of the molecule is CC(CN)c1ncc(C2CCCN(C)C2)[nH]1. The molecule has 1 aliphatic heterocycles. The monoisotopic (exact) mass is 222 g/mol. The summed E-state index contributed by atoms with van der Waals surface area (Å²) in [5, 5.41) is 0. The van der Waals surface area contributed by atoms with Gasteiger partial charge < -0.3 is 15.6 Å². The van der Waals surface area contributed by atoms with Crippen molar-refractivity contribution in [2.45, 2.75) is 31.6 Å². The molecule has 2 rings (SSSR count). The fourth-order valence-corrected chi connectivity index (χ4v) is 2.34. The second-order valence-electron chi connectivity index (χ2n) is 4.96. The Labute approximate surface area is 97.2 Å². The van der Waals surface area contributed by atoms with E-state index in [1.165, 1.54) is 25.1 Å². The molecule has 90 valence electrons. The van der Waals surface area contributed by atoms with Crippen molar-refractivity contribution in [1.29, 1.82) is 0 Å². The highest BCUT2D eigenvalue weighted by Gasteiger charge is 2.21. The number of likely N-dealkylation sites (tertiary alicyclic amines) is 1. The van der Waals surface area contributed by atoms with Crippen LogP contribution in [-0.4, -0.2) is 41.5 Å². The largest absolute Gasteiger partial charge is 0.345 e. The van der Waals surface area contributed by atoms with Gasteiger partial charge in [0.15, 0.2) is 0 Å². The van der Waals surface area contributed by atoms with Crippen LogP contribution in [0.2, 0.25) is 0 Å². The molecule has 0 aliphatic carbocycles. The molecule has 0 amide bonds. The Bertz CT molecular complexity index is 334. The van der Waals surface area contributed by atoms with E-state index in [-0.39, 0.29) is 0 Å². The first-order valence-electron chi connectivity index (χ1n) is 6.14. The number of H-pyrrole nitrogens is 1. The average Bonchev–Trinajstić information content (AvgIpc) is 2.77. The van der Waals surface area contributed by atoms with Gasteiger partial charge in [0.1, 0.15) is 5.82 Å². The second kappa shape index (κ2) is 4.97. The fraction of sp³-hybridized carbons (Fsp3) is 0.750. The normalized spacial score (nSPS) is 24.6. The summed E-state index contributed by atoms with van der Waals surface area (Å²) in [6, 6.07) is 0. The first-order valence-corrected chi connectivity index (χ1v) is 6.14. The van der Waals surface area contributed by atoms with Crippen LogP contribution in [0.15, 0.2) is 6.20 Å². The summed E-state index contributed by atoms with van der Waals surface area (Å²) in [6.45, 7) is 5.11. The van der Waals surface area contributed by atoms with Crippen LogP contribution < -0.4 is 5.73 Å². The lowest BCUT2D eigenvalue weighted by atomic mass is 9.96. The predicted octanol–water partition coefficient (Wildman–Crippen LogP) is 1.28. The Balaban J connectivity index is 2.06. The summed E-state index contributed by atoms with van der Waals surface area (Å²) in [7, 11) is 2.19. The number of aromatic amines is 1. The number of imidazole rings is 1. The van der Waals surface area contributed by atoms with Gasteiger partial charge in [-0.3, -0.25) is 0 Å². The zero-order valence-electron chi connectivity index (χ0n) is 10.2. The van der Waals surface area contributed by atoms with Crippen molar-refractivity contribution in [3.8, 4) is 0 Å². The lowest BCUT2D eigenvalue weighted by Gasteiger charge is -2.28. The maximum Gasteiger partial charge on any atom is 0.110 e. The van der Waals surface area contributed by atoms with E-state index in [1.54, 1.807) is 0 Å². The zero-order valence-corrected chi connectivity index (χ0v) is 10.2. The van der Waals surface area contributed by atoms with E-state index in [2.05, 4.69) is 28.8 Å². The van der Waals surface area contributed by atoms with Gasteiger partial charge in [0.05, 0.1) is 0 Å². The zero-order chi connectivity index (χ0) is 11.5. The number of nitrogens with zero attached hydrogens (tertiary/aromatic N) is 2. The molecule has 2 unspecified atom stereocenters. The number of nitrogens with one attached hydrogen (secondary N) is 1. The molecule has 0 saturated carbocycles. The minimum atomic E-state index is 0.329. The van der Waals surface area contributed by atoms with Crippen LogP contribution in [0.3, 0.4) is 0 Å². The van der Waals surface area contributed by atoms with Gasteiger partial charge in [0.2, 0.25) is 0 Å². The minimum absolute atomic E-state index is 0.329. The predicted molar refractivity (Wildman–Crippen MR) is 65.5 cm³/mol. The van der Waals surface area contributed by atoms with Crippen LogP contribution in [-0.2, 0) is 0 Å². The van der Waals surface area contributed by atoms with Crippen molar-refractivity contribution in [3.63, 3.8) is 0 Å². The van der Waals surface area contributed by atoms with E-state index in [0.717, 1.165) is 12.4 Å². The summed E-state index contributed by atoms with van der Waals surface area (Å²) in [6.07, 6.45) is 4.54. The molecule has 1 saturated heterocycles. The molecule has 3 N–H and O–H groups in total. The molecule has 2 atom stereocenters. The second-order valence-corrected chi connectivity index (χ2v) is 4.96. The van der Waals surface area contributed by atoms with E-state index < -0.39 is 0 Å². The number of hydrogen-bond donors (Lipinski definition) is 2. The molecule has 0 bridgehead atoms. The maximum absolute atomic E-state index is 5.65. The van der Waals surface area contributed by atoms with E-state index in [0.29, 0.717) is 18.4 Å². The van der Waals surface area contributed by atoms with Gasteiger partial charge >= 0.3 is 0 Å². The number of piperidine rings is 1. The number of rotatable bonds is 3. The van der Waals surface area contributed by atoms with Crippen molar-refractivity contribution in [2.75, 3.05) is 26.7 Å². The van der Waals surface area contributed by atoms with Gasteiger partial charge in [-0.05, 0) is 26.4 Å². The van der Waals surface area contributed by atoms with E-state index in [1.807, 2.05) is 6.20 Å². The van der Waals surface area contributed by atoms with Gasteiger partial charge in [0.25, 0.3) is 0 Å². The van der Waals surface area contributed by atoms with Gasteiger partial charge in [-0.1, -0.05) is 6.92 Å². The maximum atomic E-state index is 5.65. The molecular weight excluding hydrogens is 200 g/mol. The highest BCUT2D eigenvalue weighted by Crippen LogP contribution is 2.25. The number of likely N-dealkylation sites (N-methyl/N-ethyl adjacent to an activating group) is 1. The first-order chi connectivity index (χ1) is 7.70. The van der Waals surface area contributed by atoms with Crippen LogP contribution in [0.1, 0.15) is 43.1 Å². The number of nitrogens with two attached hydrogens (primary N) is 1. The highest BCUT2D eigenvalue weighted by atomic mass is 15.1. The topological polar surface area (TPSA) is 57.9 Å². The smallest absolute Gasteiger partial charge is 0.110 e. The van der Waals surface area contributed by atoms with E-state index in [4.69, 9.17) is 5.73 Å². The first kappa shape index (κ1) is 11.6. The van der Waals surface area contributed by atoms with Crippen LogP contribution in [0.25, 0.3) is 0 Å². The molecule has 4 nitrogen and oxygen atoms in total. The molecule has 2 heterocycles. The average molecular weight is 222 g/mol. The molecular formula is C12H22N4. The van der Waals surface area contributed by atoms with Crippen LogP contribution in [0.5, 0.6) is 0 Å². The summed E-state index contributed by atoms with van der Waals surface area (Å²) in [4.78, 5) is 10.3. The third kappa shape index (κ3) is 2.44. The summed E-state index contributed by atoms with van der Waals surface area (Å²) in [5.41, 5.74) is 6.93. The molecule has 1 aromatic rings. The number of aromatic nitrogens is 2. The molecule has 0 radical (unpaired) electrons. The Morgan fingerprint density at radius 2 is 2.50 bits per heavy atom. The summed E-state index contributed by atoms with van der Waals surface area (Å²) in [5.74, 6) is 1.98. The van der Waals surface area contributed by atoms with Crippen molar-refractivity contribution in [1.82, 2.24) is 14.9 Å². The third-order valence-electron chi connectivity index (χ3n) is 3.50. The van der Waals surface area contributed by atoms with Gasteiger partial charge in [-0.25, -0.2) is 4.98 Å². The van der Waals surface area contributed by atoms with Crippen LogP contribution >= 0.6 is 0 Å². The third-order valence-corrected chi connectivity index (χ3v) is 3.50. The molecule has 4 heteroatoms. The lowest BCUT2D eigenvalue weighted by molar-refractivity contribution is 0.248. The molecule has 0 spiro atoms. The Kier molecular flexibility index (Phi) is 3.61. The van der Waals surface area contributed by atoms with Crippen molar-refractivity contribution in [3.05, 3.63) is 17.7 Å². The molecule has 1 aliphatic rings. The quantitative estimate of drug-likeness (QED) is 0.810. The van der Waals surface area contributed by atoms with Gasteiger partial charge in [-0.2, -0.15) is 0 Å². The minimum Gasteiger partial charge on any atom is -0.345 e. The molecule has 1 fully saturated rings. The van der Waals surface area contributed by atoms with E-state index in [9.17, 15) is 0 Å². The fourth-order valence-electron chi connectivity index (χ4n) is 2.34. The van der Waals surface area contributed by atoms with E-state index >= 15 is 0 Å². The van der Waals surface area contributed by atoms with Crippen molar-refractivity contribution >= 4 is 0 Å². The van der Waals surface area contributed by atoms with Crippen LogP contribution in [0, 0.1) is 0 Å². The Hall–Kier alpha value is -0.870. The van der Waals surface area contributed by atoms with Crippen molar-refractivity contribution < 1.29 is 0 Å². The van der Waals surface area contributed by atoms with Crippen LogP contribution in [0.4, 0.5) is 0 Å². The Morgan fingerprint density at radius 1 is 1.69 bits per heavy atom. The van der Waals surface area contributed by atoms with Crippen molar-refractivity contribution in [2.24, 2.45) is 5.73 Å². The molecule has 1 aromatic heterocycles.